The zero-order valence-electron chi connectivity index (χ0n) is 10.3. The van der Waals surface area contributed by atoms with E-state index < -0.39 is 0 Å². The standard InChI is InChI=1S/C13H22N2O/c1-3-14-12-6-7-15(10-12)11(2)9-13-5-4-8-16-13/h4-5,8,11-12,14H,3,6-7,9-10H2,1-2H3. The Hall–Kier alpha value is -0.800. The van der Waals surface area contributed by atoms with E-state index in [0.29, 0.717) is 12.1 Å². The lowest BCUT2D eigenvalue weighted by atomic mass is 10.2. The zero-order valence-corrected chi connectivity index (χ0v) is 10.3. The number of hydrogen-bond acceptors (Lipinski definition) is 3. The highest BCUT2D eigenvalue weighted by Gasteiger charge is 2.25. The van der Waals surface area contributed by atoms with Gasteiger partial charge in [0.2, 0.25) is 0 Å². The van der Waals surface area contributed by atoms with E-state index in [1.54, 1.807) is 6.26 Å². The molecule has 3 heteroatoms. The van der Waals surface area contributed by atoms with Crippen LogP contribution in [-0.4, -0.2) is 36.6 Å². The van der Waals surface area contributed by atoms with E-state index in [1.165, 1.54) is 19.5 Å². The average molecular weight is 222 g/mol. The molecule has 90 valence electrons. The molecule has 2 rings (SSSR count). The molecule has 0 amide bonds. The van der Waals surface area contributed by atoms with Gasteiger partial charge in [0, 0.05) is 31.6 Å². The SMILES string of the molecule is CCNC1CCN(C(C)Cc2ccco2)C1. The molecule has 1 N–H and O–H groups in total. The van der Waals surface area contributed by atoms with Crippen molar-refractivity contribution in [2.45, 2.75) is 38.8 Å². The molecule has 1 aliphatic heterocycles. The Morgan fingerprint density at radius 2 is 2.50 bits per heavy atom. The summed E-state index contributed by atoms with van der Waals surface area (Å²) in [7, 11) is 0. The molecule has 0 saturated carbocycles. The minimum absolute atomic E-state index is 0.579. The number of nitrogens with one attached hydrogen (secondary N) is 1. The molecule has 2 heterocycles. The lowest BCUT2D eigenvalue weighted by molar-refractivity contribution is 0.242. The fraction of sp³-hybridized carbons (Fsp3) is 0.692. The molecular formula is C13H22N2O. The Morgan fingerprint density at radius 1 is 1.62 bits per heavy atom. The summed E-state index contributed by atoms with van der Waals surface area (Å²) in [6.45, 7) is 7.92. The maximum atomic E-state index is 5.40. The predicted octanol–water partition coefficient (Wildman–Crippen LogP) is 1.89. The van der Waals surface area contributed by atoms with Gasteiger partial charge in [0.15, 0.2) is 0 Å². The zero-order chi connectivity index (χ0) is 11.4. The van der Waals surface area contributed by atoms with Gasteiger partial charge in [-0.3, -0.25) is 4.90 Å². The second-order valence-corrected chi connectivity index (χ2v) is 4.67. The van der Waals surface area contributed by atoms with Crippen LogP contribution in [-0.2, 0) is 6.42 Å². The summed E-state index contributed by atoms with van der Waals surface area (Å²) in [5.41, 5.74) is 0. The van der Waals surface area contributed by atoms with Crippen molar-refractivity contribution in [3.8, 4) is 0 Å². The van der Waals surface area contributed by atoms with Gasteiger partial charge < -0.3 is 9.73 Å². The van der Waals surface area contributed by atoms with Crippen LogP contribution in [0.2, 0.25) is 0 Å². The monoisotopic (exact) mass is 222 g/mol. The third kappa shape index (κ3) is 2.86. The Morgan fingerprint density at radius 3 is 3.19 bits per heavy atom. The van der Waals surface area contributed by atoms with Crippen LogP contribution in [0.5, 0.6) is 0 Å². The first-order chi connectivity index (χ1) is 7.79. The number of likely N-dealkylation sites (N-methyl/N-ethyl adjacent to an activating group) is 1. The minimum Gasteiger partial charge on any atom is -0.469 e. The lowest BCUT2D eigenvalue weighted by Crippen LogP contribution is -2.37. The lowest BCUT2D eigenvalue weighted by Gasteiger charge is -2.23. The fourth-order valence-electron chi connectivity index (χ4n) is 2.49. The van der Waals surface area contributed by atoms with E-state index in [0.717, 1.165) is 18.7 Å². The topological polar surface area (TPSA) is 28.4 Å². The van der Waals surface area contributed by atoms with Crippen LogP contribution in [0.3, 0.4) is 0 Å². The third-order valence-electron chi connectivity index (χ3n) is 3.41. The van der Waals surface area contributed by atoms with Crippen molar-refractivity contribution in [2.24, 2.45) is 0 Å². The molecule has 1 saturated heterocycles. The number of rotatable bonds is 5. The van der Waals surface area contributed by atoms with E-state index in [4.69, 9.17) is 4.42 Å². The summed E-state index contributed by atoms with van der Waals surface area (Å²) < 4.78 is 5.40. The molecule has 0 radical (unpaired) electrons. The van der Waals surface area contributed by atoms with E-state index in [2.05, 4.69) is 30.1 Å². The van der Waals surface area contributed by atoms with Crippen molar-refractivity contribution in [3.63, 3.8) is 0 Å². The predicted molar refractivity (Wildman–Crippen MR) is 65.5 cm³/mol. The van der Waals surface area contributed by atoms with Crippen LogP contribution in [0, 0.1) is 0 Å². The van der Waals surface area contributed by atoms with Gasteiger partial charge in [-0.15, -0.1) is 0 Å². The fourth-order valence-corrected chi connectivity index (χ4v) is 2.49. The van der Waals surface area contributed by atoms with Crippen molar-refractivity contribution in [1.29, 1.82) is 0 Å². The first-order valence-electron chi connectivity index (χ1n) is 6.29. The molecule has 2 atom stereocenters. The van der Waals surface area contributed by atoms with Crippen molar-refractivity contribution >= 4 is 0 Å². The van der Waals surface area contributed by atoms with Gasteiger partial charge in [0.05, 0.1) is 6.26 Å². The van der Waals surface area contributed by atoms with Gasteiger partial charge in [-0.1, -0.05) is 6.92 Å². The summed E-state index contributed by atoms with van der Waals surface area (Å²) in [5.74, 6) is 1.10. The molecule has 0 bridgehead atoms. The van der Waals surface area contributed by atoms with Gasteiger partial charge in [-0.05, 0) is 32.0 Å². The molecular weight excluding hydrogens is 200 g/mol. The van der Waals surface area contributed by atoms with E-state index >= 15 is 0 Å². The quantitative estimate of drug-likeness (QED) is 0.824. The number of furan rings is 1. The smallest absolute Gasteiger partial charge is 0.105 e. The van der Waals surface area contributed by atoms with Crippen LogP contribution >= 0.6 is 0 Å². The van der Waals surface area contributed by atoms with Gasteiger partial charge >= 0.3 is 0 Å². The summed E-state index contributed by atoms with van der Waals surface area (Å²) in [4.78, 5) is 2.55. The second kappa shape index (κ2) is 5.51. The van der Waals surface area contributed by atoms with Crippen LogP contribution in [0.15, 0.2) is 22.8 Å². The molecule has 0 aliphatic carbocycles. The Balaban J connectivity index is 1.80. The summed E-state index contributed by atoms with van der Waals surface area (Å²) in [6.07, 6.45) is 4.05. The van der Waals surface area contributed by atoms with Crippen LogP contribution in [0.25, 0.3) is 0 Å². The molecule has 1 aromatic heterocycles. The van der Waals surface area contributed by atoms with Crippen molar-refractivity contribution in [2.75, 3.05) is 19.6 Å². The average Bonchev–Trinajstić information content (AvgIpc) is 2.89. The molecule has 16 heavy (non-hydrogen) atoms. The van der Waals surface area contributed by atoms with Crippen LogP contribution in [0.1, 0.15) is 26.0 Å². The largest absolute Gasteiger partial charge is 0.469 e. The van der Waals surface area contributed by atoms with Crippen molar-refractivity contribution in [1.82, 2.24) is 10.2 Å². The highest BCUT2D eigenvalue weighted by molar-refractivity contribution is 5.00. The van der Waals surface area contributed by atoms with Gasteiger partial charge in [0.1, 0.15) is 5.76 Å². The van der Waals surface area contributed by atoms with E-state index in [1.807, 2.05) is 6.07 Å². The van der Waals surface area contributed by atoms with Gasteiger partial charge in [-0.25, -0.2) is 0 Å². The molecule has 2 unspecified atom stereocenters. The van der Waals surface area contributed by atoms with E-state index in [9.17, 15) is 0 Å². The Labute approximate surface area is 97.8 Å². The van der Waals surface area contributed by atoms with Crippen LogP contribution < -0.4 is 5.32 Å². The van der Waals surface area contributed by atoms with Gasteiger partial charge in [-0.2, -0.15) is 0 Å². The van der Waals surface area contributed by atoms with Crippen LogP contribution in [0.4, 0.5) is 0 Å². The summed E-state index contributed by atoms with van der Waals surface area (Å²) in [6, 6.07) is 5.29. The summed E-state index contributed by atoms with van der Waals surface area (Å²) in [5, 5.41) is 3.52. The second-order valence-electron chi connectivity index (χ2n) is 4.67. The summed E-state index contributed by atoms with van der Waals surface area (Å²) >= 11 is 0. The highest BCUT2D eigenvalue weighted by Crippen LogP contribution is 2.16. The number of hydrogen-bond donors (Lipinski definition) is 1. The Kier molecular flexibility index (Phi) is 4.02. The molecule has 3 nitrogen and oxygen atoms in total. The maximum absolute atomic E-state index is 5.40. The molecule has 0 spiro atoms. The number of likely N-dealkylation sites (tertiary alicyclic amines) is 1. The molecule has 1 aliphatic rings. The third-order valence-corrected chi connectivity index (χ3v) is 3.41. The first kappa shape index (κ1) is 11.7. The van der Waals surface area contributed by atoms with Crippen molar-refractivity contribution < 1.29 is 4.42 Å². The first-order valence-corrected chi connectivity index (χ1v) is 6.29. The molecule has 1 aromatic rings. The molecule has 1 fully saturated rings. The van der Waals surface area contributed by atoms with Crippen molar-refractivity contribution in [3.05, 3.63) is 24.2 Å². The highest BCUT2D eigenvalue weighted by atomic mass is 16.3. The maximum Gasteiger partial charge on any atom is 0.105 e. The minimum atomic E-state index is 0.579. The normalized spacial score (nSPS) is 23.8. The Bertz CT molecular complexity index is 297. The van der Waals surface area contributed by atoms with E-state index in [-0.39, 0.29) is 0 Å². The van der Waals surface area contributed by atoms with Gasteiger partial charge in [0.25, 0.3) is 0 Å². The number of nitrogens with zero attached hydrogens (tertiary/aromatic N) is 1. The molecule has 0 aromatic carbocycles.